The zero-order chi connectivity index (χ0) is 8.97. The lowest BCUT2D eigenvalue weighted by Gasteiger charge is -1.97. The lowest BCUT2D eigenvalue weighted by Crippen LogP contribution is -1.93. The highest BCUT2D eigenvalue weighted by Crippen LogP contribution is 2.24. The van der Waals surface area contributed by atoms with Crippen LogP contribution in [-0.4, -0.2) is 22.1 Å². The van der Waals surface area contributed by atoms with Gasteiger partial charge in [-0.3, -0.25) is 0 Å². The molecule has 0 aliphatic heterocycles. The molecule has 3 nitrogen and oxygen atoms in total. The Balaban J connectivity index is 2.24. The first-order valence-corrected chi connectivity index (χ1v) is 5.34. The number of anilines is 1. The highest BCUT2D eigenvalue weighted by molar-refractivity contribution is 8.01. The molecule has 68 valence electrons. The summed E-state index contributed by atoms with van der Waals surface area (Å²) in [5.74, 6) is 0.728. The molecule has 0 aliphatic rings. The van der Waals surface area contributed by atoms with Crippen molar-refractivity contribution in [3.05, 3.63) is 0 Å². The Labute approximate surface area is 78.6 Å². The van der Waals surface area contributed by atoms with E-state index in [1.54, 1.807) is 6.92 Å². The molecule has 0 unspecified atom stereocenters. The molecule has 0 fully saturated rings. The first-order chi connectivity index (χ1) is 5.68. The maximum absolute atomic E-state index is 12.3. The van der Waals surface area contributed by atoms with Crippen molar-refractivity contribution in [2.45, 2.75) is 23.9 Å². The average molecular weight is 207 g/mol. The SMILES string of the molecule is C[C@H](F)CCSc1nnc(N)s1. The maximum atomic E-state index is 12.3. The maximum Gasteiger partial charge on any atom is 0.203 e. The number of halogens is 1. The Morgan fingerprint density at radius 2 is 2.42 bits per heavy atom. The highest BCUT2D eigenvalue weighted by Gasteiger charge is 2.03. The van der Waals surface area contributed by atoms with E-state index in [1.807, 2.05) is 0 Å². The van der Waals surface area contributed by atoms with Gasteiger partial charge in [-0.1, -0.05) is 23.1 Å². The molecule has 0 aromatic carbocycles. The Morgan fingerprint density at radius 1 is 1.67 bits per heavy atom. The lowest BCUT2D eigenvalue weighted by molar-refractivity contribution is 0.354. The quantitative estimate of drug-likeness (QED) is 0.767. The van der Waals surface area contributed by atoms with E-state index in [2.05, 4.69) is 10.2 Å². The molecule has 1 heterocycles. The molecule has 0 bridgehead atoms. The van der Waals surface area contributed by atoms with Gasteiger partial charge in [0.05, 0.1) is 6.17 Å². The van der Waals surface area contributed by atoms with Crippen LogP contribution >= 0.6 is 23.1 Å². The van der Waals surface area contributed by atoms with Crippen LogP contribution in [0.1, 0.15) is 13.3 Å². The zero-order valence-electron chi connectivity index (χ0n) is 6.66. The summed E-state index contributed by atoms with van der Waals surface area (Å²) in [7, 11) is 0. The third-order valence-electron chi connectivity index (χ3n) is 1.16. The van der Waals surface area contributed by atoms with Gasteiger partial charge in [-0.25, -0.2) is 4.39 Å². The van der Waals surface area contributed by atoms with E-state index >= 15 is 0 Å². The summed E-state index contributed by atoms with van der Waals surface area (Å²) in [6.45, 7) is 1.55. The highest BCUT2D eigenvalue weighted by atomic mass is 32.2. The van der Waals surface area contributed by atoms with Crippen LogP contribution in [0.4, 0.5) is 9.52 Å². The molecule has 0 saturated heterocycles. The molecule has 0 amide bonds. The first kappa shape index (κ1) is 9.73. The summed E-state index contributed by atoms with van der Waals surface area (Å²) in [6, 6.07) is 0. The van der Waals surface area contributed by atoms with Crippen molar-refractivity contribution in [3.63, 3.8) is 0 Å². The minimum atomic E-state index is -0.747. The van der Waals surface area contributed by atoms with Gasteiger partial charge in [0.1, 0.15) is 0 Å². The fourth-order valence-corrected chi connectivity index (χ4v) is 2.39. The van der Waals surface area contributed by atoms with E-state index in [0.29, 0.717) is 11.6 Å². The second-order valence-corrected chi connectivity index (χ2v) is 4.68. The second kappa shape index (κ2) is 4.61. The van der Waals surface area contributed by atoms with Gasteiger partial charge in [-0.15, -0.1) is 10.2 Å². The standard InChI is InChI=1S/C6H10FN3S2/c1-4(7)2-3-11-6-10-9-5(8)12-6/h4H,2-3H2,1H3,(H2,8,9)/t4-/m0/s1. The molecule has 0 aliphatic carbocycles. The van der Waals surface area contributed by atoms with Crippen molar-refractivity contribution in [2.24, 2.45) is 0 Å². The zero-order valence-corrected chi connectivity index (χ0v) is 8.29. The van der Waals surface area contributed by atoms with Crippen molar-refractivity contribution in [1.82, 2.24) is 10.2 Å². The largest absolute Gasteiger partial charge is 0.374 e. The average Bonchev–Trinajstić information content (AvgIpc) is 2.35. The number of nitrogens with zero attached hydrogens (tertiary/aromatic N) is 2. The normalized spacial score (nSPS) is 13.2. The molecule has 0 spiro atoms. The van der Waals surface area contributed by atoms with Gasteiger partial charge in [-0.2, -0.15) is 0 Å². The molecule has 1 aromatic rings. The van der Waals surface area contributed by atoms with Gasteiger partial charge in [0.15, 0.2) is 4.34 Å². The monoisotopic (exact) mass is 207 g/mol. The number of rotatable bonds is 4. The van der Waals surface area contributed by atoms with Crippen molar-refractivity contribution in [1.29, 1.82) is 0 Å². The van der Waals surface area contributed by atoms with Crippen LogP contribution < -0.4 is 5.73 Å². The van der Waals surface area contributed by atoms with Crippen molar-refractivity contribution >= 4 is 28.2 Å². The van der Waals surface area contributed by atoms with Crippen molar-refractivity contribution < 1.29 is 4.39 Å². The summed E-state index contributed by atoms with van der Waals surface area (Å²) in [6.07, 6.45) is -0.202. The van der Waals surface area contributed by atoms with Gasteiger partial charge >= 0.3 is 0 Å². The summed E-state index contributed by atoms with van der Waals surface area (Å²) >= 11 is 2.83. The number of aromatic nitrogens is 2. The van der Waals surface area contributed by atoms with Crippen molar-refractivity contribution in [3.8, 4) is 0 Å². The molecule has 1 atom stereocenters. The first-order valence-electron chi connectivity index (χ1n) is 3.54. The second-order valence-electron chi connectivity index (χ2n) is 2.32. The topological polar surface area (TPSA) is 51.8 Å². The Kier molecular flexibility index (Phi) is 3.74. The fraction of sp³-hybridized carbons (Fsp3) is 0.667. The van der Waals surface area contributed by atoms with Gasteiger partial charge in [0, 0.05) is 5.75 Å². The third-order valence-corrected chi connectivity index (χ3v) is 3.08. The number of hydrogen-bond donors (Lipinski definition) is 1. The van der Waals surface area contributed by atoms with Gasteiger partial charge in [0.25, 0.3) is 0 Å². The number of nitrogen functional groups attached to an aromatic ring is 1. The molecule has 1 rings (SSSR count). The fourth-order valence-electron chi connectivity index (χ4n) is 0.587. The Bertz CT molecular complexity index is 238. The number of hydrogen-bond acceptors (Lipinski definition) is 5. The minimum absolute atomic E-state index is 0.464. The van der Waals surface area contributed by atoms with E-state index in [1.165, 1.54) is 23.1 Å². The number of alkyl halides is 1. The smallest absolute Gasteiger partial charge is 0.203 e. The van der Waals surface area contributed by atoms with E-state index in [0.717, 1.165) is 10.1 Å². The Hall–Kier alpha value is -0.360. The Morgan fingerprint density at radius 3 is 2.92 bits per heavy atom. The molecule has 12 heavy (non-hydrogen) atoms. The van der Waals surface area contributed by atoms with Gasteiger partial charge in [0.2, 0.25) is 5.13 Å². The molecular weight excluding hydrogens is 197 g/mol. The number of thioether (sulfide) groups is 1. The van der Waals surface area contributed by atoms with Crippen LogP contribution in [0.2, 0.25) is 0 Å². The summed E-state index contributed by atoms with van der Waals surface area (Å²) in [5, 5.41) is 7.91. The molecule has 0 saturated carbocycles. The predicted molar refractivity (Wildman–Crippen MR) is 50.2 cm³/mol. The third kappa shape index (κ3) is 3.36. The van der Waals surface area contributed by atoms with E-state index in [4.69, 9.17) is 5.73 Å². The summed E-state index contributed by atoms with van der Waals surface area (Å²) in [4.78, 5) is 0. The minimum Gasteiger partial charge on any atom is -0.374 e. The van der Waals surface area contributed by atoms with E-state index in [-0.39, 0.29) is 0 Å². The van der Waals surface area contributed by atoms with E-state index < -0.39 is 6.17 Å². The van der Waals surface area contributed by atoms with Crippen LogP contribution in [0, 0.1) is 0 Å². The van der Waals surface area contributed by atoms with Crippen LogP contribution in [0.25, 0.3) is 0 Å². The molecule has 6 heteroatoms. The lowest BCUT2D eigenvalue weighted by atomic mass is 10.3. The summed E-state index contributed by atoms with van der Waals surface area (Å²) in [5.41, 5.74) is 5.37. The predicted octanol–water partition coefficient (Wildman–Crippen LogP) is 1.96. The van der Waals surface area contributed by atoms with Crippen molar-refractivity contribution in [2.75, 3.05) is 11.5 Å². The molecule has 1 aromatic heterocycles. The van der Waals surface area contributed by atoms with Gasteiger partial charge in [-0.05, 0) is 13.3 Å². The van der Waals surface area contributed by atoms with Crippen LogP contribution in [0.3, 0.4) is 0 Å². The van der Waals surface area contributed by atoms with Crippen LogP contribution in [0.5, 0.6) is 0 Å². The molecule has 0 radical (unpaired) electrons. The summed E-state index contributed by atoms with van der Waals surface area (Å²) < 4.78 is 13.2. The van der Waals surface area contributed by atoms with Crippen LogP contribution in [-0.2, 0) is 0 Å². The van der Waals surface area contributed by atoms with Gasteiger partial charge < -0.3 is 5.73 Å². The van der Waals surface area contributed by atoms with E-state index in [9.17, 15) is 4.39 Å². The molecule has 2 N–H and O–H groups in total. The van der Waals surface area contributed by atoms with Crippen LogP contribution in [0.15, 0.2) is 4.34 Å². The molecular formula is C6H10FN3S2. The number of nitrogens with two attached hydrogens (primary N) is 1.